The van der Waals surface area contributed by atoms with Gasteiger partial charge in [-0.25, -0.2) is 0 Å². The van der Waals surface area contributed by atoms with Gasteiger partial charge < -0.3 is 9.78 Å². The zero-order chi connectivity index (χ0) is 18.8. The molecule has 138 valence electrons. The van der Waals surface area contributed by atoms with Gasteiger partial charge in [0.05, 0.1) is 0 Å². The predicted molar refractivity (Wildman–Crippen MR) is 96.9 cm³/mol. The Kier molecular flexibility index (Phi) is 6.00. The van der Waals surface area contributed by atoms with E-state index in [1.165, 1.54) is 0 Å². The van der Waals surface area contributed by atoms with Gasteiger partial charge in [-0.2, -0.15) is 9.78 Å². The molecule has 0 atom stereocenters. The van der Waals surface area contributed by atoms with Crippen molar-refractivity contribution < 1.29 is 19.6 Å². The number of hydrogen-bond donors (Lipinski definition) is 0. The van der Waals surface area contributed by atoms with Crippen LogP contribution in [0.25, 0.3) is 0 Å². The third-order valence-electron chi connectivity index (χ3n) is 5.14. The summed E-state index contributed by atoms with van der Waals surface area (Å²) in [6.07, 6.45) is 0. The molecule has 1 aromatic carbocycles. The van der Waals surface area contributed by atoms with Gasteiger partial charge in [-0.05, 0) is 50.7 Å². The molecule has 0 N–H and O–H groups in total. The topological polar surface area (TPSA) is 36.9 Å². The molecular weight excluding hydrogens is 304 g/mol. The normalized spacial score (nSPS) is 13.8. The Labute approximate surface area is 147 Å². The number of rotatable bonds is 6. The van der Waals surface area contributed by atoms with E-state index in [-0.39, 0.29) is 10.8 Å². The molecule has 0 radical (unpaired) electrons. The van der Waals surface area contributed by atoms with E-state index in [2.05, 4.69) is 41.5 Å². The molecule has 0 saturated carbocycles. The number of hydrogen-bond acceptors (Lipinski definition) is 4. The van der Waals surface area contributed by atoms with E-state index >= 15 is 0 Å². The van der Waals surface area contributed by atoms with E-state index in [4.69, 9.17) is 19.6 Å². The van der Waals surface area contributed by atoms with Crippen LogP contribution in [-0.4, -0.2) is 11.2 Å². The van der Waals surface area contributed by atoms with Crippen LogP contribution in [0.15, 0.2) is 24.3 Å². The highest BCUT2D eigenvalue weighted by Gasteiger charge is 2.37. The molecule has 0 fully saturated rings. The first-order valence-corrected chi connectivity index (χ1v) is 8.48. The van der Waals surface area contributed by atoms with E-state index in [1.54, 1.807) is 12.1 Å². The van der Waals surface area contributed by atoms with Crippen LogP contribution >= 0.6 is 0 Å². The van der Waals surface area contributed by atoms with Crippen molar-refractivity contribution in [3.05, 3.63) is 24.3 Å². The fourth-order valence-electron chi connectivity index (χ4n) is 1.14. The molecule has 0 amide bonds. The van der Waals surface area contributed by atoms with Crippen molar-refractivity contribution in [2.24, 2.45) is 10.8 Å². The molecule has 0 bridgehead atoms. The minimum atomic E-state index is -0.467. The standard InChI is InChI=1S/C20H34O4/c1-17(2,3)19(7,8)23-21-15-13-11-12-14-16(15)22-24-20(9,10)18(4,5)6/h11-14H,1-10H3. The van der Waals surface area contributed by atoms with E-state index in [1.807, 2.05) is 39.8 Å². The van der Waals surface area contributed by atoms with Gasteiger partial charge in [-0.3, -0.25) is 0 Å². The predicted octanol–water partition coefficient (Wildman–Crippen LogP) is 5.96. The summed E-state index contributed by atoms with van der Waals surface area (Å²) in [5, 5.41) is 0. The van der Waals surface area contributed by atoms with Gasteiger partial charge in [-0.15, -0.1) is 0 Å². The lowest BCUT2D eigenvalue weighted by Gasteiger charge is -2.37. The third kappa shape index (κ3) is 5.12. The first-order valence-electron chi connectivity index (χ1n) is 8.48. The van der Waals surface area contributed by atoms with Crippen molar-refractivity contribution in [1.29, 1.82) is 0 Å². The molecule has 24 heavy (non-hydrogen) atoms. The quantitative estimate of drug-likeness (QED) is 0.474. The molecule has 4 nitrogen and oxygen atoms in total. The molecule has 0 heterocycles. The lowest BCUT2D eigenvalue weighted by molar-refractivity contribution is -0.323. The molecule has 4 heteroatoms. The van der Waals surface area contributed by atoms with Crippen molar-refractivity contribution in [1.82, 2.24) is 0 Å². The summed E-state index contributed by atoms with van der Waals surface area (Å²) in [6, 6.07) is 7.32. The Bertz CT molecular complexity index is 484. The highest BCUT2D eigenvalue weighted by atomic mass is 17.2. The molecule has 0 aromatic heterocycles. The van der Waals surface area contributed by atoms with Crippen molar-refractivity contribution in [3.8, 4) is 11.5 Å². The Morgan fingerprint density at radius 2 is 0.833 bits per heavy atom. The lowest BCUT2D eigenvalue weighted by Crippen LogP contribution is -2.41. The van der Waals surface area contributed by atoms with Crippen LogP contribution in [0.3, 0.4) is 0 Å². The molecule has 0 aliphatic carbocycles. The van der Waals surface area contributed by atoms with Gasteiger partial charge >= 0.3 is 0 Å². The van der Waals surface area contributed by atoms with Crippen molar-refractivity contribution in [2.45, 2.75) is 80.4 Å². The molecule has 0 aliphatic heterocycles. The van der Waals surface area contributed by atoms with Gasteiger partial charge in [0.15, 0.2) is 0 Å². The van der Waals surface area contributed by atoms with Crippen LogP contribution in [0.1, 0.15) is 69.2 Å². The monoisotopic (exact) mass is 338 g/mol. The van der Waals surface area contributed by atoms with E-state index < -0.39 is 11.2 Å². The zero-order valence-corrected chi connectivity index (χ0v) is 16.9. The minimum Gasteiger partial charge on any atom is -0.333 e. The average molecular weight is 338 g/mol. The Hall–Kier alpha value is -1.26. The summed E-state index contributed by atoms with van der Waals surface area (Å²) in [5.41, 5.74) is -1.08. The maximum absolute atomic E-state index is 5.68. The smallest absolute Gasteiger partial charge is 0.211 e. The second-order valence-electron chi connectivity index (χ2n) is 9.30. The Balaban J connectivity index is 2.83. The van der Waals surface area contributed by atoms with Crippen LogP contribution in [0, 0.1) is 10.8 Å². The summed E-state index contributed by atoms with van der Waals surface area (Å²) < 4.78 is 0. The molecule has 1 rings (SSSR count). The summed E-state index contributed by atoms with van der Waals surface area (Å²) in [5.74, 6) is 0.971. The van der Waals surface area contributed by atoms with Crippen molar-refractivity contribution in [3.63, 3.8) is 0 Å². The van der Waals surface area contributed by atoms with Crippen LogP contribution in [0.4, 0.5) is 0 Å². The van der Waals surface area contributed by atoms with Crippen molar-refractivity contribution in [2.75, 3.05) is 0 Å². The molecule has 0 aliphatic rings. The summed E-state index contributed by atoms with van der Waals surface area (Å²) in [7, 11) is 0. The molecule has 1 aromatic rings. The second-order valence-corrected chi connectivity index (χ2v) is 9.30. The van der Waals surface area contributed by atoms with E-state index in [0.717, 1.165) is 0 Å². The minimum absolute atomic E-state index is 0.0759. The second kappa shape index (κ2) is 6.93. The summed E-state index contributed by atoms with van der Waals surface area (Å²) in [6.45, 7) is 20.6. The zero-order valence-electron chi connectivity index (χ0n) is 16.9. The fourth-order valence-corrected chi connectivity index (χ4v) is 1.14. The molecule has 0 unspecified atom stereocenters. The highest BCUT2D eigenvalue weighted by Crippen LogP contribution is 2.37. The van der Waals surface area contributed by atoms with Crippen LogP contribution in [0.5, 0.6) is 11.5 Å². The van der Waals surface area contributed by atoms with Gasteiger partial charge in [0.2, 0.25) is 11.5 Å². The first-order chi connectivity index (χ1) is 10.7. The third-order valence-corrected chi connectivity index (χ3v) is 5.14. The van der Waals surface area contributed by atoms with Gasteiger partial charge in [0, 0.05) is 0 Å². The summed E-state index contributed by atoms with van der Waals surface area (Å²) >= 11 is 0. The molecule has 0 saturated heterocycles. The van der Waals surface area contributed by atoms with Gasteiger partial charge in [0.1, 0.15) is 11.2 Å². The number of para-hydroxylation sites is 2. The summed E-state index contributed by atoms with van der Waals surface area (Å²) in [4.78, 5) is 22.5. The Morgan fingerprint density at radius 3 is 1.08 bits per heavy atom. The highest BCUT2D eigenvalue weighted by molar-refractivity contribution is 5.38. The van der Waals surface area contributed by atoms with Crippen LogP contribution < -0.4 is 9.78 Å². The maximum Gasteiger partial charge on any atom is 0.211 e. The van der Waals surface area contributed by atoms with Gasteiger partial charge in [0.25, 0.3) is 0 Å². The van der Waals surface area contributed by atoms with Crippen LogP contribution in [0.2, 0.25) is 0 Å². The van der Waals surface area contributed by atoms with Crippen molar-refractivity contribution >= 4 is 0 Å². The lowest BCUT2D eigenvalue weighted by atomic mass is 9.79. The van der Waals surface area contributed by atoms with E-state index in [0.29, 0.717) is 11.5 Å². The van der Waals surface area contributed by atoms with Crippen LogP contribution in [-0.2, 0) is 9.78 Å². The van der Waals surface area contributed by atoms with Gasteiger partial charge in [-0.1, -0.05) is 53.7 Å². The van der Waals surface area contributed by atoms with E-state index in [9.17, 15) is 0 Å². The first kappa shape index (κ1) is 20.8. The fraction of sp³-hybridized carbons (Fsp3) is 0.700. The Morgan fingerprint density at radius 1 is 0.542 bits per heavy atom. The SMILES string of the molecule is CC(C)(C)C(C)(C)OOc1ccccc1OOC(C)(C)C(C)(C)C. The maximum atomic E-state index is 5.68. The molecular formula is C20H34O4. The largest absolute Gasteiger partial charge is 0.333 e. The number of benzene rings is 1. The average Bonchev–Trinajstić information content (AvgIpc) is 2.41. The molecule has 0 spiro atoms.